The third kappa shape index (κ3) is 4.32. The van der Waals surface area contributed by atoms with Gasteiger partial charge in [0.2, 0.25) is 0 Å². The summed E-state index contributed by atoms with van der Waals surface area (Å²) in [7, 11) is 0. The molecule has 0 amide bonds. The number of nitrogens with one attached hydrogen (secondary N) is 1. The molecule has 1 aliphatic rings. The van der Waals surface area contributed by atoms with E-state index in [9.17, 15) is 0 Å². The summed E-state index contributed by atoms with van der Waals surface area (Å²) in [5.74, 6) is 0. The van der Waals surface area contributed by atoms with Gasteiger partial charge in [-0.15, -0.1) is 0 Å². The van der Waals surface area contributed by atoms with Gasteiger partial charge >= 0.3 is 0 Å². The highest BCUT2D eigenvalue weighted by Crippen LogP contribution is 2.21. The lowest BCUT2D eigenvalue weighted by Gasteiger charge is -2.33. The molecule has 1 aromatic carbocycles. The molecule has 19 heavy (non-hydrogen) atoms. The van der Waals surface area contributed by atoms with Crippen LogP contribution in [0.15, 0.2) is 24.3 Å². The fourth-order valence-electron chi connectivity index (χ4n) is 2.86. The lowest BCUT2D eigenvalue weighted by Crippen LogP contribution is -2.38. The highest BCUT2D eigenvalue weighted by atomic mass is 15.2. The number of nitrogens with zero attached hydrogens (tertiary/aromatic N) is 1. The van der Waals surface area contributed by atoms with E-state index in [0.717, 1.165) is 13.1 Å². The van der Waals surface area contributed by atoms with Crippen molar-refractivity contribution in [3.8, 4) is 0 Å². The van der Waals surface area contributed by atoms with Crippen molar-refractivity contribution in [1.82, 2.24) is 10.2 Å². The average Bonchev–Trinajstić information content (AvgIpc) is 2.42. The predicted octanol–water partition coefficient (Wildman–Crippen LogP) is 3.21. The maximum absolute atomic E-state index is 3.50. The molecule has 0 bridgehead atoms. The minimum atomic E-state index is 0.608. The van der Waals surface area contributed by atoms with E-state index in [4.69, 9.17) is 0 Å². The van der Waals surface area contributed by atoms with Crippen molar-refractivity contribution in [3.05, 3.63) is 35.4 Å². The lowest BCUT2D eigenvalue weighted by molar-refractivity contribution is 0.179. The van der Waals surface area contributed by atoms with Crippen molar-refractivity contribution in [2.45, 2.75) is 58.7 Å². The molecule has 0 saturated carbocycles. The summed E-state index contributed by atoms with van der Waals surface area (Å²) in [4.78, 5) is 2.64. The van der Waals surface area contributed by atoms with E-state index < -0.39 is 0 Å². The van der Waals surface area contributed by atoms with Gasteiger partial charge in [0.05, 0.1) is 0 Å². The minimum absolute atomic E-state index is 0.608. The molecule has 1 N–H and O–H groups in total. The van der Waals surface area contributed by atoms with Crippen LogP contribution in [-0.4, -0.2) is 30.1 Å². The van der Waals surface area contributed by atoms with E-state index in [0.29, 0.717) is 12.1 Å². The van der Waals surface area contributed by atoms with Crippen molar-refractivity contribution in [2.24, 2.45) is 0 Å². The van der Waals surface area contributed by atoms with Crippen molar-refractivity contribution < 1.29 is 0 Å². The zero-order chi connectivity index (χ0) is 13.7. The minimum Gasteiger partial charge on any atom is -0.315 e. The first-order chi connectivity index (χ1) is 9.16. The van der Waals surface area contributed by atoms with Crippen LogP contribution in [0, 0.1) is 0 Å². The highest BCUT2D eigenvalue weighted by Gasteiger charge is 2.19. The van der Waals surface area contributed by atoms with Crippen molar-refractivity contribution in [3.63, 3.8) is 0 Å². The summed E-state index contributed by atoms with van der Waals surface area (Å²) in [5, 5.41) is 3.50. The summed E-state index contributed by atoms with van der Waals surface area (Å²) in [6.45, 7) is 10.3. The van der Waals surface area contributed by atoms with Crippen LogP contribution in [0.4, 0.5) is 0 Å². The first-order valence-corrected chi connectivity index (χ1v) is 7.71. The van der Waals surface area contributed by atoms with E-state index in [1.165, 1.54) is 31.4 Å². The molecule has 1 unspecified atom stereocenters. The SMILES string of the molecule is CC(C)NCCCC(C)N1CCc2ccccc2C1. The van der Waals surface area contributed by atoms with Crippen LogP contribution in [0.1, 0.15) is 44.7 Å². The molecule has 1 atom stereocenters. The van der Waals surface area contributed by atoms with Crippen LogP contribution < -0.4 is 5.32 Å². The fourth-order valence-corrected chi connectivity index (χ4v) is 2.86. The Morgan fingerprint density at radius 3 is 2.63 bits per heavy atom. The normalized spacial score (nSPS) is 17.5. The summed E-state index contributed by atoms with van der Waals surface area (Å²) < 4.78 is 0. The van der Waals surface area contributed by atoms with Gasteiger partial charge in [-0.05, 0) is 43.9 Å². The van der Waals surface area contributed by atoms with Gasteiger partial charge in [0.25, 0.3) is 0 Å². The Morgan fingerprint density at radius 2 is 1.89 bits per heavy atom. The molecular weight excluding hydrogens is 232 g/mol. The molecule has 0 saturated heterocycles. The zero-order valence-electron chi connectivity index (χ0n) is 12.7. The molecular formula is C17H28N2. The number of hydrogen-bond acceptors (Lipinski definition) is 2. The standard InChI is InChI=1S/C17H28N2/c1-14(2)18-11-6-7-15(3)19-12-10-16-8-4-5-9-17(16)13-19/h4-5,8-9,14-15,18H,6-7,10-13H2,1-3H3. The molecule has 2 nitrogen and oxygen atoms in total. The van der Waals surface area contributed by atoms with Crippen LogP contribution >= 0.6 is 0 Å². The van der Waals surface area contributed by atoms with E-state index in [1.807, 2.05) is 0 Å². The monoisotopic (exact) mass is 260 g/mol. The number of fused-ring (bicyclic) bond motifs is 1. The second-order valence-electron chi connectivity index (χ2n) is 6.09. The molecule has 2 heteroatoms. The van der Waals surface area contributed by atoms with E-state index in [1.54, 1.807) is 5.56 Å². The Labute approximate surface area is 118 Å². The van der Waals surface area contributed by atoms with Crippen LogP contribution in [0.5, 0.6) is 0 Å². The average molecular weight is 260 g/mol. The largest absolute Gasteiger partial charge is 0.315 e. The van der Waals surface area contributed by atoms with Crippen LogP contribution in [0.2, 0.25) is 0 Å². The molecule has 1 heterocycles. The molecule has 106 valence electrons. The second-order valence-corrected chi connectivity index (χ2v) is 6.09. The van der Waals surface area contributed by atoms with Gasteiger partial charge in [-0.3, -0.25) is 4.90 Å². The summed E-state index contributed by atoms with van der Waals surface area (Å²) in [6.07, 6.45) is 3.78. The quantitative estimate of drug-likeness (QED) is 0.790. The Bertz CT molecular complexity index is 387. The van der Waals surface area contributed by atoms with E-state index in [-0.39, 0.29) is 0 Å². The van der Waals surface area contributed by atoms with Gasteiger partial charge in [0.1, 0.15) is 0 Å². The van der Waals surface area contributed by atoms with Gasteiger partial charge in [-0.1, -0.05) is 38.1 Å². The zero-order valence-corrected chi connectivity index (χ0v) is 12.7. The topological polar surface area (TPSA) is 15.3 Å². The number of benzene rings is 1. The Hall–Kier alpha value is -0.860. The molecule has 0 fully saturated rings. The van der Waals surface area contributed by atoms with Gasteiger partial charge in [0, 0.05) is 25.2 Å². The van der Waals surface area contributed by atoms with Crippen molar-refractivity contribution in [1.29, 1.82) is 0 Å². The van der Waals surface area contributed by atoms with E-state index >= 15 is 0 Å². The first-order valence-electron chi connectivity index (χ1n) is 7.71. The maximum Gasteiger partial charge on any atom is 0.0239 e. The van der Waals surface area contributed by atoms with E-state index in [2.05, 4.69) is 55.3 Å². The summed E-state index contributed by atoms with van der Waals surface area (Å²) >= 11 is 0. The molecule has 2 rings (SSSR count). The van der Waals surface area contributed by atoms with Gasteiger partial charge in [-0.25, -0.2) is 0 Å². The number of rotatable bonds is 6. The van der Waals surface area contributed by atoms with Gasteiger partial charge in [-0.2, -0.15) is 0 Å². The summed E-state index contributed by atoms with van der Waals surface area (Å²) in [5.41, 5.74) is 3.08. The third-order valence-electron chi connectivity index (χ3n) is 4.13. The van der Waals surface area contributed by atoms with Crippen molar-refractivity contribution in [2.75, 3.05) is 13.1 Å². The highest BCUT2D eigenvalue weighted by molar-refractivity contribution is 5.29. The molecule has 0 spiro atoms. The molecule has 0 radical (unpaired) electrons. The molecule has 1 aromatic rings. The Balaban J connectivity index is 1.77. The first kappa shape index (κ1) is 14.5. The molecule has 0 aromatic heterocycles. The van der Waals surface area contributed by atoms with Crippen LogP contribution in [0.25, 0.3) is 0 Å². The molecule has 0 aliphatic carbocycles. The Kier molecular flexibility index (Phi) is 5.41. The fraction of sp³-hybridized carbons (Fsp3) is 0.647. The van der Waals surface area contributed by atoms with Crippen LogP contribution in [0.3, 0.4) is 0 Å². The number of hydrogen-bond donors (Lipinski definition) is 1. The van der Waals surface area contributed by atoms with Crippen LogP contribution in [-0.2, 0) is 13.0 Å². The van der Waals surface area contributed by atoms with Crippen molar-refractivity contribution >= 4 is 0 Å². The lowest BCUT2D eigenvalue weighted by atomic mass is 9.98. The smallest absolute Gasteiger partial charge is 0.0239 e. The third-order valence-corrected chi connectivity index (χ3v) is 4.13. The van der Waals surface area contributed by atoms with Gasteiger partial charge < -0.3 is 5.32 Å². The summed E-state index contributed by atoms with van der Waals surface area (Å²) in [6, 6.07) is 10.2. The molecule has 1 aliphatic heterocycles. The maximum atomic E-state index is 3.50. The Morgan fingerprint density at radius 1 is 1.16 bits per heavy atom. The second kappa shape index (κ2) is 7.06. The predicted molar refractivity (Wildman–Crippen MR) is 82.4 cm³/mol. The van der Waals surface area contributed by atoms with Gasteiger partial charge in [0.15, 0.2) is 0 Å².